The molecule has 4 rings (SSSR count). The molecule has 1 aromatic carbocycles. The van der Waals surface area contributed by atoms with E-state index >= 15 is 0 Å². The summed E-state index contributed by atoms with van der Waals surface area (Å²) in [5.41, 5.74) is 0.837. The standard InChI is InChI=1S/C20H19ClN6O/c21-17-4-2-1-3-16(17)5-8-20(28)26-13-11-25(12-14-26)18-6-7-19(24-23-18)27-10-9-22-15-27/h1-10,15H,11-14H2/b8-5+. The Morgan fingerprint density at radius 3 is 2.43 bits per heavy atom. The first kappa shape index (κ1) is 18.2. The van der Waals surface area contributed by atoms with Gasteiger partial charge in [0.05, 0.1) is 0 Å². The molecule has 8 heteroatoms. The van der Waals surface area contributed by atoms with E-state index in [1.807, 2.05) is 47.5 Å². The van der Waals surface area contributed by atoms with Crippen LogP contribution in [0.4, 0.5) is 5.82 Å². The molecule has 0 saturated carbocycles. The second-order valence-corrected chi connectivity index (χ2v) is 6.79. The van der Waals surface area contributed by atoms with Crippen molar-refractivity contribution in [3.63, 3.8) is 0 Å². The lowest BCUT2D eigenvalue weighted by Crippen LogP contribution is -2.48. The number of carbonyl (C=O) groups is 1. The lowest BCUT2D eigenvalue weighted by molar-refractivity contribution is -0.126. The molecular weight excluding hydrogens is 376 g/mol. The van der Waals surface area contributed by atoms with Gasteiger partial charge in [-0.2, -0.15) is 0 Å². The molecule has 142 valence electrons. The number of nitrogens with zero attached hydrogens (tertiary/aromatic N) is 6. The Bertz CT molecular complexity index is 963. The molecule has 7 nitrogen and oxygen atoms in total. The maximum atomic E-state index is 12.4. The third kappa shape index (κ3) is 4.04. The fraction of sp³-hybridized carbons (Fsp3) is 0.200. The summed E-state index contributed by atoms with van der Waals surface area (Å²) < 4.78 is 1.80. The van der Waals surface area contributed by atoms with Crippen LogP contribution in [0.2, 0.25) is 5.02 Å². The molecule has 0 atom stereocenters. The number of amides is 1. The SMILES string of the molecule is O=C(/C=C/c1ccccc1Cl)N1CCN(c2ccc(-n3ccnc3)nn2)CC1. The second-order valence-electron chi connectivity index (χ2n) is 6.39. The summed E-state index contributed by atoms with van der Waals surface area (Å²) in [7, 11) is 0. The number of hydrogen-bond acceptors (Lipinski definition) is 5. The van der Waals surface area contributed by atoms with Gasteiger partial charge < -0.3 is 9.80 Å². The van der Waals surface area contributed by atoms with Crippen LogP contribution >= 0.6 is 11.6 Å². The van der Waals surface area contributed by atoms with Gasteiger partial charge in [0.25, 0.3) is 0 Å². The zero-order valence-corrected chi connectivity index (χ0v) is 15.9. The van der Waals surface area contributed by atoms with Gasteiger partial charge in [0.1, 0.15) is 6.33 Å². The predicted octanol–water partition coefficient (Wildman–Crippen LogP) is 2.68. The quantitative estimate of drug-likeness (QED) is 0.636. The monoisotopic (exact) mass is 394 g/mol. The number of aromatic nitrogens is 4. The van der Waals surface area contributed by atoms with Gasteiger partial charge in [0.2, 0.25) is 5.91 Å². The van der Waals surface area contributed by atoms with Crippen molar-refractivity contribution in [3.8, 4) is 5.82 Å². The first-order chi connectivity index (χ1) is 13.7. The van der Waals surface area contributed by atoms with Gasteiger partial charge in [-0.15, -0.1) is 10.2 Å². The minimum absolute atomic E-state index is 0.0129. The summed E-state index contributed by atoms with van der Waals surface area (Å²) in [6.45, 7) is 2.70. The Kier molecular flexibility index (Phi) is 5.34. The minimum atomic E-state index is -0.0129. The second kappa shape index (κ2) is 8.22. The largest absolute Gasteiger partial charge is 0.352 e. The van der Waals surface area contributed by atoms with Gasteiger partial charge in [-0.05, 0) is 29.8 Å². The molecule has 1 saturated heterocycles. The summed E-state index contributed by atoms with van der Waals surface area (Å²) in [5, 5.41) is 9.19. The molecule has 1 aliphatic rings. The van der Waals surface area contributed by atoms with E-state index < -0.39 is 0 Å². The summed E-state index contributed by atoms with van der Waals surface area (Å²) >= 11 is 6.12. The molecule has 1 aliphatic heterocycles. The molecule has 0 bridgehead atoms. The summed E-state index contributed by atoms with van der Waals surface area (Å²) in [6, 6.07) is 11.3. The fourth-order valence-corrected chi connectivity index (χ4v) is 3.25. The molecule has 1 fully saturated rings. The van der Waals surface area contributed by atoms with E-state index in [1.54, 1.807) is 29.2 Å². The van der Waals surface area contributed by atoms with Gasteiger partial charge in [-0.3, -0.25) is 9.36 Å². The van der Waals surface area contributed by atoms with Crippen molar-refractivity contribution in [2.24, 2.45) is 0 Å². The van der Waals surface area contributed by atoms with Crippen LogP contribution in [0.15, 0.2) is 61.2 Å². The number of imidazole rings is 1. The average molecular weight is 395 g/mol. The third-order valence-corrected chi connectivity index (χ3v) is 4.98. The van der Waals surface area contributed by atoms with Crippen LogP contribution in [0.1, 0.15) is 5.56 Å². The van der Waals surface area contributed by atoms with Crippen LogP contribution in [-0.2, 0) is 4.79 Å². The van der Waals surface area contributed by atoms with Crippen molar-refractivity contribution in [3.05, 3.63) is 71.8 Å². The first-order valence-corrected chi connectivity index (χ1v) is 9.37. The van der Waals surface area contributed by atoms with E-state index in [1.165, 1.54) is 0 Å². The molecule has 0 spiro atoms. The normalized spacial score (nSPS) is 14.6. The Hall–Kier alpha value is -3.19. The Labute approximate surface area is 167 Å². The molecule has 28 heavy (non-hydrogen) atoms. The summed E-state index contributed by atoms with van der Waals surface area (Å²) in [6.07, 6.45) is 8.55. The highest BCUT2D eigenvalue weighted by atomic mass is 35.5. The number of halogens is 1. The lowest BCUT2D eigenvalue weighted by atomic mass is 10.2. The number of anilines is 1. The summed E-state index contributed by atoms with van der Waals surface area (Å²) in [5.74, 6) is 1.52. The van der Waals surface area contributed by atoms with Gasteiger partial charge >= 0.3 is 0 Å². The van der Waals surface area contributed by atoms with E-state index in [-0.39, 0.29) is 5.91 Å². The van der Waals surface area contributed by atoms with Crippen LogP contribution < -0.4 is 4.90 Å². The zero-order chi connectivity index (χ0) is 19.3. The van der Waals surface area contributed by atoms with Gasteiger partial charge in [-0.1, -0.05) is 29.8 Å². The van der Waals surface area contributed by atoms with E-state index in [4.69, 9.17) is 11.6 Å². The maximum absolute atomic E-state index is 12.4. The molecule has 0 unspecified atom stereocenters. The van der Waals surface area contributed by atoms with Gasteiger partial charge in [-0.25, -0.2) is 4.98 Å². The zero-order valence-electron chi connectivity index (χ0n) is 15.1. The van der Waals surface area contributed by atoms with Crippen molar-refractivity contribution in [1.29, 1.82) is 0 Å². The molecular formula is C20H19ClN6O. The van der Waals surface area contributed by atoms with Crippen LogP contribution in [0.25, 0.3) is 11.9 Å². The summed E-state index contributed by atoms with van der Waals surface area (Å²) in [4.78, 5) is 20.4. The molecule has 2 aromatic heterocycles. The van der Waals surface area contributed by atoms with Crippen LogP contribution in [0.5, 0.6) is 0 Å². The van der Waals surface area contributed by atoms with E-state index in [9.17, 15) is 4.79 Å². The highest BCUT2D eigenvalue weighted by molar-refractivity contribution is 6.32. The van der Waals surface area contributed by atoms with Crippen molar-refractivity contribution in [2.45, 2.75) is 0 Å². The van der Waals surface area contributed by atoms with Gasteiger partial charge in [0, 0.05) is 49.7 Å². The lowest BCUT2D eigenvalue weighted by Gasteiger charge is -2.34. The number of carbonyl (C=O) groups excluding carboxylic acids is 1. The van der Waals surface area contributed by atoms with Gasteiger partial charge in [0.15, 0.2) is 11.6 Å². The highest BCUT2D eigenvalue weighted by Crippen LogP contribution is 2.17. The predicted molar refractivity (Wildman–Crippen MR) is 108 cm³/mol. The highest BCUT2D eigenvalue weighted by Gasteiger charge is 2.20. The molecule has 3 aromatic rings. The first-order valence-electron chi connectivity index (χ1n) is 8.99. The van der Waals surface area contributed by atoms with Crippen molar-refractivity contribution < 1.29 is 4.79 Å². The Morgan fingerprint density at radius 1 is 1.00 bits per heavy atom. The topological polar surface area (TPSA) is 67.2 Å². The van der Waals surface area contributed by atoms with Crippen LogP contribution in [-0.4, -0.2) is 56.7 Å². The molecule has 3 heterocycles. The average Bonchev–Trinajstić information content (AvgIpc) is 3.28. The Balaban J connectivity index is 1.34. The third-order valence-electron chi connectivity index (χ3n) is 4.63. The molecule has 0 radical (unpaired) electrons. The minimum Gasteiger partial charge on any atom is -0.352 e. The van der Waals surface area contributed by atoms with Crippen molar-refractivity contribution in [1.82, 2.24) is 24.6 Å². The molecule has 0 aliphatic carbocycles. The molecule has 0 N–H and O–H groups in total. The fourth-order valence-electron chi connectivity index (χ4n) is 3.05. The van der Waals surface area contributed by atoms with E-state index in [2.05, 4.69) is 20.1 Å². The number of hydrogen-bond donors (Lipinski definition) is 0. The van der Waals surface area contributed by atoms with E-state index in [0.717, 1.165) is 17.2 Å². The van der Waals surface area contributed by atoms with E-state index in [0.29, 0.717) is 31.2 Å². The number of piperazine rings is 1. The van der Waals surface area contributed by atoms with Crippen molar-refractivity contribution in [2.75, 3.05) is 31.1 Å². The Morgan fingerprint density at radius 2 is 1.75 bits per heavy atom. The number of benzene rings is 1. The van der Waals surface area contributed by atoms with Crippen LogP contribution in [0.3, 0.4) is 0 Å². The maximum Gasteiger partial charge on any atom is 0.246 e. The van der Waals surface area contributed by atoms with Crippen LogP contribution in [0, 0.1) is 0 Å². The number of rotatable bonds is 4. The molecule has 1 amide bonds. The van der Waals surface area contributed by atoms with Crippen molar-refractivity contribution >= 4 is 29.4 Å². The smallest absolute Gasteiger partial charge is 0.246 e.